The van der Waals surface area contributed by atoms with Crippen LogP contribution in [0, 0.1) is 6.92 Å². The molecule has 18 heavy (non-hydrogen) atoms. The maximum atomic E-state index is 11.4. The van der Waals surface area contributed by atoms with Gasteiger partial charge in [-0.3, -0.25) is 4.79 Å². The molecule has 1 fully saturated rings. The molecule has 0 saturated carbocycles. The van der Waals surface area contributed by atoms with Crippen molar-refractivity contribution >= 4 is 27.7 Å². The number of nitrogens with zero attached hydrogens (tertiary/aromatic N) is 3. The van der Waals surface area contributed by atoms with Gasteiger partial charge in [-0.2, -0.15) is 0 Å². The van der Waals surface area contributed by atoms with E-state index in [4.69, 9.17) is 0 Å². The van der Waals surface area contributed by atoms with Gasteiger partial charge in [-0.05, 0) is 40.9 Å². The summed E-state index contributed by atoms with van der Waals surface area (Å²) < 4.78 is 1.00. The quantitative estimate of drug-likeness (QED) is 0.798. The van der Waals surface area contributed by atoms with Crippen LogP contribution in [-0.4, -0.2) is 42.0 Å². The van der Waals surface area contributed by atoms with Crippen LogP contribution in [0.1, 0.15) is 18.9 Å². The number of amides is 1. The average Bonchev–Trinajstić information content (AvgIpc) is 2.54. The topological polar surface area (TPSA) is 36.4 Å². The number of rotatable bonds is 1. The fourth-order valence-electron chi connectivity index (χ4n) is 2.31. The molecule has 1 aromatic rings. The maximum absolute atomic E-state index is 11.4. The lowest BCUT2D eigenvalue weighted by Crippen LogP contribution is -2.34. The molecule has 0 unspecified atom stereocenters. The summed E-state index contributed by atoms with van der Waals surface area (Å²) in [5, 5.41) is 0. The number of carbonyl (C=O) groups excluding carboxylic acids is 1. The van der Waals surface area contributed by atoms with Crippen molar-refractivity contribution in [1.82, 2.24) is 9.88 Å². The molecule has 1 aliphatic heterocycles. The van der Waals surface area contributed by atoms with Gasteiger partial charge in [0.2, 0.25) is 5.91 Å². The van der Waals surface area contributed by atoms with Crippen molar-refractivity contribution in [2.75, 3.05) is 31.1 Å². The van der Waals surface area contributed by atoms with Crippen LogP contribution in [0.3, 0.4) is 0 Å². The molecule has 1 aliphatic rings. The second-order valence-corrected chi connectivity index (χ2v) is 5.56. The van der Waals surface area contributed by atoms with Crippen LogP contribution < -0.4 is 4.90 Å². The summed E-state index contributed by atoms with van der Waals surface area (Å²) in [6, 6.07) is 2.08. The van der Waals surface area contributed by atoms with Gasteiger partial charge in [-0.25, -0.2) is 4.98 Å². The number of aryl methyl sites for hydroxylation is 1. The highest BCUT2D eigenvalue weighted by Crippen LogP contribution is 2.21. The van der Waals surface area contributed by atoms with Gasteiger partial charge in [-0.1, -0.05) is 0 Å². The molecule has 1 saturated heterocycles. The minimum atomic E-state index is 0.164. The SMILES string of the molecule is CC(=O)N1CCCN(c2ncc(Br)cc2C)CC1. The fourth-order valence-corrected chi connectivity index (χ4v) is 2.75. The largest absolute Gasteiger partial charge is 0.355 e. The number of anilines is 1. The molecule has 0 aliphatic carbocycles. The average molecular weight is 312 g/mol. The first kappa shape index (κ1) is 13.3. The summed E-state index contributed by atoms with van der Waals surface area (Å²) in [7, 11) is 0. The third-order valence-corrected chi connectivity index (χ3v) is 3.69. The Labute approximate surface area is 116 Å². The molecular weight excluding hydrogens is 294 g/mol. The molecule has 0 atom stereocenters. The smallest absolute Gasteiger partial charge is 0.219 e. The Bertz CT molecular complexity index is 450. The van der Waals surface area contributed by atoms with E-state index in [9.17, 15) is 4.79 Å². The van der Waals surface area contributed by atoms with Crippen molar-refractivity contribution in [3.63, 3.8) is 0 Å². The second-order valence-electron chi connectivity index (χ2n) is 4.64. The van der Waals surface area contributed by atoms with E-state index in [1.807, 2.05) is 11.1 Å². The monoisotopic (exact) mass is 311 g/mol. The van der Waals surface area contributed by atoms with Crippen LogP contribution in [0.25, 0.3) is 0 Å². The van der Waals surface area contributed by atoms with Crippen LogP contribution in [0.5, 0.6) is 0 Å². The van der Waals surface area contributed by atoms with Gasteiger partial charge < -0.3 is 9.80 Å². The highest BCUT2D eigenvalue weighted by Gasteiger charge is 2.18. The molecule has 0 N–H and O–H groups in total. The van der Waals surface area contributed by atoms with E-state index in [1.165, 1.54) is 5.56 Å². The Hall–Kier alpha value is -1.10. The number of halogens is 1. The fraction of sp³-hybridized carbons (Fsp3) is 0.538. The molecule has 98 valence electrons. The van der Waals surface area contributed by atoms with Crippen LogP contribution in [-0.2, 0) is 4.79 Å². The summed E-state index contributed by atoms with van der Waals surface area (Å²) in [4.78, 5) is 20.1. The molecule has 2 rings (SSSR count). The number of pyridine rings is 1. The van der Waals surface area contributed by atoms with Crippen molar-refractivity contribution in [3.8, 4) is 0 Å². The lowest BCUT2D eigenvalue weighted by molar-refractivity contribution is -0.128. The summed E-state index contributed by atoms with van der Waals surface area (Å²) in [6.45, 7) is 7.15. The molecule has 5 heteroatoms. The Balaban J connectivity index is 2.12. The van der Waals surface area contributed by atoms with Crippen molar-refractivity contribution in [3.05, 3.63) is 22.3 Å². The Kier molecular flexibility index (Phi) is 4.22. The Morgan fingerprint density at radius 2 is 2.11 bits per heavy atom. The zero-order valence-electron chi connectivity index (χ0n) is 10.8. The molecule has 0 spiro atoms. The highest BCUT2D eigenvalue weighted by atomic mass is 79.9. The van der Waals surface area contributed by atoms with Crippen molar-refractivity contribution < 1.29 is 4.79 Å². The predicted octanol–water partition coefficient (Wildman–Crippen LogP) is 2.21. The van der Waals surface area contributed by atoms with Crippen LogP contribution >= 0.6 is 15.9 Å². The first-order valence-electron chi connectivity index (χ1n) is 6.20. The van der Waals surface area contributed by atoms with Gasteiger partial charge in [0, 0.05) is 43.8 Å². The van der Waals surface area contributed by atoms with E-state index in [1.54, 1.807) is 6.92 Å². The van der Waals surface area contributed by atoms with Crippen molar-refractivity contribution in [2.24, 2.45) is 0 Å². The van der Waals surface area contributed by atoms with Gasteiger partial charge in [-0.15, -0.1) is 0 Å². The molecule has 0 radical (unpaired) electrons. The first-order valence-corrected chi connectivity index (χ1v) is 7.00. The maximum Gasteiger partial charge on any atom is 0.219 e. The molecular formula is C13H18BrN3O. The molecule has 0 bridgehead atoms. The van der Waals surface area contributed by atoms with Crippen molar-refractivity contribution in [2.45, 2.75) is 20.3 Å². The van der Waals surface area contributed by atoms with Gasteiger partial charge in [0.25, 0.3) is 0 Å². The normalized spacial score (nSPS) is 16.6. The van der Waals surface area contributed by atoms with Crippen LogP contribution in [0.15, 0.2) is 16.7 Å². The number of hydrogen-bond acceptors (Lipinski definition) is 3. The van der Waals surface area contributed by atoms with E-state index in [2.05, 4.69) is 38.8 Å². The summed E-state index contributed by atoms with van der Waals surface area (Å²) in [6.07, 6.45) is 2.83. The van der Waals surface area contributed by atoms with Gasteiger partial charge in [0.05, 0.1) is 0 Å². The minimum absolute atomic E-state index is 0.164. The van der Waals surface area contributed by atoms with Crippen LogP contribution in [0.2, 0.25) is 0 Å². The highest BCUT2D eigenvalue weighted by molar-refractivity contribution is 9.10. The van der Waals surface area contributed by atoms with Gasteiger partial charge >= 0.3 is 0 Å². The van der Waals surface area contributed by atoms with Crippen molar-refractivity contribution in [1.29, 1.82) is 0 Å². The summed E-state index contributed by atoms with van der Waals surface area (Å²) in [5.74, 6) is 1.20. The lowest BCUT2D eigenvalue weighted by atomic mass is 10.2. The van der Waals surface area contributed by atoms with Gasteiger partial charge in [0.1, 0.15) is 5.82 Å². The van der Waals surface area contributed by atoms with E-state index in [0.717, 1.165) is 42.9 Å². The van der Waals surface area contributed by atoms with E-state index >= 15 is 0 Å². The second kappa shape index (κ2) is 5.69. The zero-order chi connectivity index (χ0) is 13.1. The third kappa shape index (κ3) is 3.02. The zero-order valence-corrected chi connectivity index (χ0v) is 12.4. The van der Waals surface area contributed by atoms with Gasteiger partial charge in [0.15, 0.2) is 0 Å². The molecule has 0 aromatic carbocycles. The summed E-state index contributed by atoms with van der Waals surface area (Å²) >= 11 is 3.43. The minimum Gasteiger partial charge on any atom is -0.355 e. The predicted molar refractivity (Wildman–Crippen MR) is 75.8 cm³/mol. The molecule has 4 nitrogen and oxygen atoms in total. The first-order chi connectivity index (χ1) is 8.58. The van der Waals surface area contributed by atoms with E-state index in [0.29, 0.717) is 0 Å². The van der Waals surface area contributed by atoms with E-state index in [-0.39, 0.29) is 5.91 Å². The lowest BCUT2D eigenvalue weighted by Gasteiger charge is -2.23. The third-order valence-electron chi connectivity index (χ3n) is 3.26. The molecule has 2 heterocycles. The Morgan fingerprint density at radius 3 is 2.78 bits per heavy atom. The number of hydrogen-bond donors (Lipinski definition) is 0. The van der Waals surface area contributed by atoms with Crippen LogP contribution in [0.4, 0.5) is 5.82 Å². The number of aromatic nitrogens is 1. The number of carbonyl (C=O) groups is 1. The summed E-state index contributed by atoms with van der Waals surface area (Å²) in [5.41, 5.74) is 1.17. The molecule has 1 aromatic heterocycles. The molecule has 1 amide bonds. The Morgan fingerprint density at radius 1 is 1.33 bits per heavy atom. The van der Waals surface area contributed by atoms with E-state index < -0.39 is 0 Å². The standard InChI is InChI=1S/C13H18BrN3O/c1-10-8-12(14)9-15-13(10)17-5-3-4-16(6-7-17)11(2)18/h8-9H,3-7H2,1-2H3.